The summed E-state index contributed by atoms with van der Waals surface area (Å²) in [5.41, 5.74) is 1.71. The van der Waals surface area contributed by atoms with Crippen molar-refractivity contribution in [1.29, 1.82) is 0 Å². The number of nitro benzene ring substituents is 1. The van der Waals surface area contributed by atoms with Gasteiger partial charge >= 0.3 is 12.3 Å². The molecule has 0 bridgehead atoms. The average Bonchev–Trinajstić information content (AvgIpc) is 2.69. The SMILES string of the molecule is CCC=N/C(=C/CCC)c1ccc([N+](=O)[O-])c(F)c1.Cc1ccc(OC(F)F)cc1. The van der Waals surface area contributed by atoms with Gasteiger partial charge in [0, 0.05) is 17.8 Å². The first kappa shape index (κ1) is 24.9. The topological polar surface area (TPSA) is 64.7 Å². The standard InChI is InChI=1S/C14H17FN2O2.C8H8F2O/c1-3-5-6-13(16-9-4-2)11-7-8-14(17(18)19)12(15)10-11;1-6-2-4-7(5-3-6)11-8(9)10/h6-10H,3-5H2,1-2H3;2-5,8H,1H3/b13-6+,16-9?;. The van der Waals surface area contributed by atoms with Crippen molar-refractivity contribution in [2.45, 2.75) is 46.6 Å². The van der Waals surface area contributed by atoms with Crippen LogP contribution in [0.2, 0.25) is 0 Å². The van der Waals surface area contributed by atoms with Crippen molar-refractivity contribution in [3.05, 3.63) is 75.6 Å². The first-order chi connectivity index (χ1) is 14.3. The maximum atomic E-state index is 13.6. The molecule has 0 aliphatic heterocycles. The van der Waals surface area contributed by atoms with E-state index in [1.165, 1.54) is 24.3 Å². The van der Waals surface area contributed by atoms with Crippen LogP contribution in [0.3, 0.4) is 0 Å². The summed E-state index contributed by atoms with van der Waals surface area (Å²) in [5.74, 6) is -0.637. The summed E-state index contributed by atoms with van der Waals surface area (Å²) in [5, 5.41) is 10.6. The molecule has 0 radical (unpaired) electrons. The minimum Gasteiger partial charge on any atom is -0.435 e. The van der Waals surface area contributed by atoms with Crippen molar-refractivity contribution in [1.82, 2.24) is 0 Å². The Morgan fingerprint density at radius 3 is 2.37 bits per heavy atom. The van der Waals surface area contributed by atoms with Crippen molar-refractivity contribution < 1.29 is 22.8 Å². The Balaban J connectivity index is 0.000000346. The van der Waals surface area contributed by atoms with Crippen LogP contribution in [0, 0.1) is 22.9 Å². The van der Waals surface area contributed by atoms with E-state index in [-0.39, 0.29) is 5.75 Å². The molecule has 0 unspecified atom stereocenters. The first-order valence-electron chi connectivity index (χ1n) is 9.46. The van der Waals surface area contributed by atoms with E-state index in [0.29, 0.717) is 11.3 Å². The quantitative estimate of drug-likeness (QED) is 0.263. The third-order valence-corrected chi connectivity index (χ3v) is 3.73. The molecule has 0 heterocycles. The summed E-state index contributed by atoms with van der Waals surface area (Å²) in [4.78, 5) is 14.1. The Labute approximate surface area is 174 Å². The summed E-state index contributed by atoms with van der Waals surface area (Å²) >= 11 is 0. The van der Waals surface area contributed by atoms with Crippen LogP contribution in [0.25, 0.3) is 5.70 Å². The third kappa shape index (κ3) is 8.89. The van der Waals surface area contributed by atoms with Crippen LogP contribution in [0.4, 0.5) is 18.9 Å². The number of benzene rings is 2. The van der Waals surface area contributed by atoms with Crippen LogP contribution in [0.1, 0.15) is 44.2 Å². The van der Waals surface area contributed by atoms with Gasteiger partial charge < -0.3 is 4.74 Å². The van der Waals surface area contributed by atoms with Crippen LogP contribution < -0.4 is 4.74 Å². The molecule has 30 heavy (non-hydrogen) atoms. The zero-order valence-electron chi connectivity index (χ0n) is 17.1. The first-order valence-corrected chi connectivity index (χ1v) is 9.46. The van der Waals surface area contributed by atoms with Gasteiger partial charge in [0.15, 0.2) is 0 Å². The fraction of sp³-hybridized carbons (Fsp3) is 0.318. The Morgan fingerprint density at radius 2 is 1.87 bits per heavy atom. The van der Waals surface area contributed by atoms with Crippen molar-refractivity contribution >= 4 is 17.6 Å². The summed E-state index contributed by atoms with van der Waals surface area (Å²) in [6, 6.07) is 10.3. The normalized spacial score (nSPS) is 11.4. The Bertz CT molecular complexity index is 866. The van der Waals surface area contributed by atoms with E-state index in [1.54, 1.807) is 18.3 Å². The van der Waals surface area contributed by atoms with E-state index in [9.17, 15) is 23.3 Å². The molecule has 5 nitrogen and oxygen atoms in total. The van der Waals surface area contributed by atoms with Gasteiger partial charge in [-0.1, -0.05) is 44.0 Å². The molecule has 2 rings (SSSR count). The number of aliphatic imine (C=N–C) groups is 1. The highest BCUT2D eigenvalue weighted by Crippen LogP contribution is 2.24. The molecule has 2 aromatic rings. The number of hydrogen-bond donors (Lipinski definition) is 0. The average molecular weight is 422 g/mol. The summed E-state index contributed by atoms with van der Waals surface area (Å²) in [6.07, 6.45) is 6.21. The molecule has 0 spiro atoms. The minimum absolute atomic E-state index is 0.200. The minimum atomic E-state index is -2.74. The van der Waals surface area contributed by atoms with Crippen LogP contribution in [0.5, 0.6) is 5.75 Å². The third-order valence-electron chi connectivity index (χ3n) is 3.73. The van der Waals surface area contributed by atoms with Crippen LogP contribution in [-0.4, -0.2) is 17.7 Å². The molecule has 0 N–H and O–H groups in total. The Morgan fingerprint density at radius 1 is 1.20 bits per heavy atom. The van der Waals surface area contributed by atoms with E-state index in [1.807, 2.05) is 26.8 Å². The second-order valence-corrected chi connectivity index (χ2v) is 6.21. The predicted octanol–water partition coefficient (Wildman–Crippen LogP) is 6.95. The number of alkyl halides is 2. The Hall–Kier alpha value is -3.16. The maximum Gasteiger partial charge on any atom is 0.387 e. The number of aryl methyl sites for hydroxylation is 1. The molecule has 0 aliphatic carbocycles. The van der Waals surface area contributed by atoms with Gasteiger partial charge in [0.2, 0.25) is 5.82 Å². The molecule has 0 atom stereocenters. The molecule has 0 aromatic heterocycles. The lowest BCUT2D eigenvalue weighted by Crippen LogP contribution is -2.01. The van der Waals surface area contributed by atoms with E-state index in [2.05, 4.69) is 9.73 Å². The molecule has 0 fully saturated rings. The number of nitro groups is 1. The van der Waals surface area contributed by atoms with Crippen LogP contribution >= 0.6 is 0 Å². The van der Waals surface area contributed by atoms with Crippen molar-refractivity contribution in [3.8, 4) is 5.75 Å². The second-order valence-electron chi connectivity index (χ2n) is 6.21. The molecule has 0 saturated heterocycles. The van der Waals surface area contributed by atoms with Crippen LogP contribution in [0.15, 0.2) is 53.5 Å². The van der Waals surface area contributed by atoms with Gasteiger partial charge in [-0.25, -0.2) is 0 Å². The highest BCUT2D eigenvalue weighted by atomic mass is 19.3. The largest absolute Gasteiger partial charge is 0.435 e. The molecule has 2 aromatic carbocycles. The molecule has 0 saturated carbocycles. The highest BCUT2D eigenvalue weighted by Gasteiger charge is 2.14. The summed E-state index contributed by atoms with van der Waals surface area (Å²) in [7, 11) is 0. The second kappa shape index (κ2) is 13.1. The molecule has 8 heteroatoms. The predicted molar refractivity (Wildman–Crippen MR) is 113 cm³/mol. The van der Waals surface area contributed by atoms with E-state index in [0.717, 1.165) is 30.9 Å². The van der Waals surface area contributed by atoms with Gasteiger partial charge in [-0.15, -0.1) is 0 Å². The number of rotatable bonds is 8. The van der Waals surface area contributed by atoms with Gasteiger partial charge in [-0.05, 0) is 44.0 Å². The number of nitrogens with zero attached hydrogens (tertiary/aromatic N) is 2. The number of allylic oxidation sites excluding steroid dienone is 1. The van der Waals surface area contributed by atoms with E-state index < -0.39 is 23.0 Å². The van der Waals surface area contributed by atoms with Crippen molar-refractivity contribution in [2.75, 3.05) is 0 Å². The maximum absolute atomic E-state index is 13.6. The zero-order chi connectivity index (χ0) is 22.5. The number of unbranched alkanes of at least 4 members (excludes halogenated alkanes) is 1. The van der Waals surface area contributed by atoms with Gasteiger partial charge in [0.25, 0.3) is 0 Å². The van der Waals surface area contributed by atoms with Crippen LogP contribution in [-0.2, 0) is 0 Å². The van der Waals surface area contributed by atoms with Gasteiger partial charge in [0.1, 0.15) is 5.75 Å². The number of halogens is 3. The molecule has 0 aliphatic rings. The fourth-order valence-corrected chi connectivity index (χ4v) is 2.25. The Kier molecular flexibility index (Phi) is 10.9. The number of ether oxygens (including phenoxy) is 1. The molecule has 162 valence electrons. The fourth-order valence-electron chi connectivity index (χ4n) is 2.25. The smallest absolute Gasteiger partial charge is 0.387 e. The summed E-state index contributed by atoms with van der Waals surface area (Å²) < 4.78 is 40.9. The molecule has 0 amide bonds. The van der Waals surface area contributed by atoms with Gasteiger partial charge in [-0.3, -0.25) is 15.1 Å². The summed E-state index contributed by atoms with van der Waals surface area (Å²) in [6.45, 7) is 3.13. The van der Waals surface area contributed by atoms with Crippen molar-refractivity contribution in [3.63, 3.8) is 0 Å². The number of hydrogen-bond acceptors (Lipinski definition) is 4. The van der Waals surface area contributed by atoms with Gasteiger partial charge in [-0.2, -0.15) is 13.2 Å². The zero-order valence-corrected chi connectivity index (χ0v) is 17.1. The molecular weight excluding hydrogens is 397 g/mol. The lowest BCUT2D eigenvalue weighted by atomic mass is 10.1. The monoisotopic (exact) mass is 422 g/mol. The molecular formula is C22H25F3N2O3. The van der Waals surface area contributed by atoms with E-state index >= 15 is 0 Å². The lowest BCUT2D eigenvalue weighted by Gasteiger charge is -2.03. The highest BCUT2D eigenvalue weighted by molar-refractivity contribution is 5.74. The lowest BCUT2D eigenvalue weighted by molar-refractivity contribution is -0.387. The van der Waals surface area contributed by atoms with Crippen molar-refractivity contribution in [2.24, 2.45) is 4.99 Å². The van der Waals surface area contributed by atoms with Gasteiger partial charge in [0.05, 0.1) is 10.6 Å². The van der Waals surface area contributed by atoms with E-state index in [4.69, 9.17) is 0 Å².